The molecule has 0 aliphatic heterocycles. The van der Waals surface area contributed by atoms with Crippen molar-refractivity contribution in [2.45, 2.75) is 58.9 Å². The Kier molecular flexibility index (Phi) is 7.87. The molecule has 2 rings (SSSR count). The van der Waals surface area contributed by atoms with Crippen molar-refractivity contribution in [1.82, 2.24) is 0 Å². The summed E-state index contributed by atoms with van der Waals surface area (Å²) < 4.78 is 48.7. The second-order valence-corrected chi connectivity index (χ2v) is 10.9. The second kappa shape index (κ2) is 9.25. The summed E-state index contributed by atoms with van der Waals surface area (Å²) in [4.78, 5) is 4.67. The first kappa shape index (κ1) is 21.3. The van der Waals surface area contributed by atoms with E-state index < -0.39 is 20.7 Å². The van der Waals surface area contributed by atoms with E-state index in [1.807, 2.05) is 0 Å². The van der Waals surface area contributed by atoms with E-state index >= 15 is 0 Å². The number of hydrogen-bond acceptors (Lipinski definition) is 7. The molecule has 0 N–H and O–H groups in total. The standard InChI is InChI=1S/C16H31NO6P2/c1-5-20-24(18,21-6-2)16(25(19,22-7-3)23-8-4)17-15-12-13-9-10-14(15)11-13/h13-14,16H,5-12H2,1-4H3/b17-15+. The predicted octanol–water partition coefficient (Wildman–Crippen LogP) is 5.06. The fourth-order valence-electron chi connectivity index (χ4n) is 3.71. The van der Waals surface area contributed by atoms with E-state index in [9.17, 15) is 9.13 Å². The lowest BCUT2D eigenvalue weighted by atomic mass is 9.99. The van der Waals surface area contributed by atoms with Gasteiger partial charge in [0.05, 0.1) is 26.4 Å². The lowest BCUT2D eigenvalue weighted by Crippen LogP contribution is -2.20. The predicted molar refractivity (Wildman–Crippen MR) is 98.4 cm³/mol. The summed E-state index contributed by atoms with van der Waals surface area (Å²) in [6.45, 7) is 7.57. The molecule has 2 atom stereocenters. The number of hydrogen-bond donors (Lipinski definition) is 0. The fraction of sp³-hybridized carbons (Fsp3) is 0.938. The van der Waals surface area contributed by atoms with Crippen LogP contribution in [0.4, 0.5) is 0 Å². The molecule has 2 unspecified atom stereocenters. The summed E-state index contributed by atoms with van der Waals surface area (Å²) in [5.74, 6) is 1.00. The molecule has 2 aliphatic carbocycles. The highest BCUT2D eigenvalue weighted by Crippen LogP contribution is 2.71. The molecule has 0 aromatic heterocycles. The molecule has 2 fully saturated rings. The molecule has 0 aromatic carbocycles. The van der Waals surface area contributed by atoms with E-state index in [0.29, 0.717) is 11.8 Å². The maximum Gasteiger partial charge on any atom is 0.367 e. The third-order valence-electron chi connectivity index (χ3n) is 4.59. The molecule has 0 radical (unpaired) electrons. The molecular formula is C16H31NO6P2. The number of aliphatic imine (C=N–C) groups is 1. The maximum atomic E-state index is 13.4. The molecule has 146 valence electrons. The summed E-state index contributed by atoms with van der Waals surface area (Å²) in [6.07, 6.45) is 4.25. The topological polar surface area (TPSA) is 83.4 Å². The van der Waals surface area contributed by atoms with Crippen LogP contribution in [0.2, 0.25) is 0 Å². The van der Waals surface area contributed by atoms with Crippen molar-refractivity contribution in [2.24, 2.45) is 16.8 Å². The highest BCUT2D eigenvalue weighted by molar-refractivity contribution is 7.72. The average molecular weight is 395 g/mol. The van der Waals surface area contributed by atoms with Crippen LogP contribution in [0.5, 0.6) is 0 Å². The lowest BCUT2D eigenvalue weighted by Gasteiger charge is -2.30. The second-order valence-electron chi connectivity index (χ2n) is 6.30. The molecule has 2 bridgehead atoms. The van der Waals surface area contributed by atoms with Crippen LogP contribution in [0.1, 0.15) is 53.4 Å². The van der Waals surface area contributed by atoms with E-state index in [4.69, 9.17) is 18.1 Å². The van der Waals surface area contributed by atoms with Gasteiger partial charge in [-0.1, -0.05) is 0 Å². The third kappa shape index (κ3) is 4.82. The molecule has 0 spiro atoms. The summed E-state index contributed by atoms with van der Waals surface area (Å²) >= 11 is 0. The van der Waals surface area contributed by atoms with Gasteiger partial charge in [0.25, 0.3) is 5.52 Å². The van der Waals surface area contributed by atoms with Crippen LogP contribution in [-0.2, 0) is 27.2 Å². The largest absolute Gasteiger partial charge is 0.367 e. The molecule has 0 aromatic rings. The van der Waals surface area contributed by atoms with Crippen LogP contribution < -0.4 is 0 Å². The molecular weight excluding hydrogens is 364 g/mol. The number of fused-ring (bicyclic) bond motifs is 2. The lowest BCUT2D eigenvalue weighted by molar-refractivity contribution is 0.196. The van der Waals surface area contributed by atoms with Crippen LogP contribution >= 0.6 is 15.2 Å². The highest BCUT2D eigenvalue weighted by atomic mass is 31.2. The van der Waals surface area contributed by atoms with E-state index in [1.54, 1.807) is 27.7 Å². The first-order valence-corrected chi connectivity index (χ1v) is 12.5. The maximum absolute atomic E-state index is 13.4. The van der Waals surface area contributed by atoms with Gasteiger partial charge < -0.3 is 18.1 Å². The van der Waals surface area contributed by atoms with Gasteiger partial charge >= 0.3 is 15.2 Å². The number of rotatable bonds is 11. The summed E-state index contributed by atoms with van der Waals surface area (Å²) in [6, 6.07) is 0. The third-order valence-corrected chi connectivity index (χ3v) is 10.1. The molecule has 0 saturated heterocycles. The van der Waals surface area contributed by atoms with Crippen molar-refractivity contribution in [3.8, 4) is 0 Å². The van der Waals surface area contributed by atoms with Gasteiger partial charge in [-0.05, 0) is 65.2 Å². The molecule has 0 amide bonds. The van der Waals surface area contributed by atoms with Gasteiger partial charge in [0, 0.05) is 5.71 Å². The Hall–Kier alpha value is -0.0300. The highest BCUT2D eigenvalue weighted by Gasteiger charge is 2.52. The summed E-state index contributed by atoms with van der Waals surface area (Å²) in [7, 11) is -7.57. The van der Waals surface area contributed by atoms with Crippen molar-refractivity contribution >= 4 is 20.9 Å². The Labute approximate surface area is 150 Å². The first-order valence-electron chi connectivity index (χ1n) is 9.26. The molecule has 0 heterocycles. The zero-order chi connectivity index (χ0) is 18.5. The molecule has 25 heavy (non-hydrogen) atoms. The average Bonchev–Trinajstić information content (AvgIpc) is 3.16. The quantitative estimate of drug-likeness (QED) is 0.455. The molecule has 9 heteroatoms. The van der Waals surface area contributed by atoms with Crippen LogP contribution in [0.25, 0.3) is 0 Å². The van der Waals surface area contributed by atoms with Crippen molar-refractivity contribution in [3.05, 3.63) is 0 Å². The minimum absolute atomic E-state index is 0.170. The smallest absolute Gasteiger partial charge is 0.307 e. The van der Waals surface area contributed by atoms with Gasteiger partial charge in [-0.3, -0.25) is 14.1 Å². The SMILES string of the molecule is CCOP(=O)(OCC)C(/N=C1\CC2CCC1C2)P(=O)(OCC)OCC. The van der Waals surface area contributed by atoms with E-state index in [0.717, 1.165) is 25.0 Å². The Morgan fingerprint density at radius 3 is 1.72 bits per heavy atom. The molecule has 7 nitrogen and oxygen atoms in total. The zero-order valence-corrected chi connectivity index (χ0v) is 17.5. The molecule has 2 saturated carbocycles. The summed E-state index contributed by atoms with van der Waals surface area (Å²) in [5.41, 5.74) is -0.297. The fourth-order valence-corrected chi connectivity index (χ4v) is 8.59. The minimum Gasteiger partial charge on any atom is -0.307 e. The van der Waals surface area contributed by atoms with Gasteiger partial charge in [0.2, 0.25) is 0 Å². The van der Waals surface area contributed by atoms with Crippen LogP contribution in [0.15, 0.2) is 4.99 Å². The minimum atomic E-state index is -3.79. The van der Waals surface area contributed by atoms with Gasteiger partial charge in [-0.15, -0.1) is 0 Å². The number of nitrogens with zero attached hydrogens (tertiary/aromatic N) is 1. The molecule has 2 aliphatic rings. The summed E-state index contributed by atoms with van der Waals surface area (Å²) in [5, 5.41) is 0. The normalized spacial score (nSPS) is 25.4. The van der Waals surface area contributed by atoms with Gasteiger partial charge in [-0.2, -0.15) is 0 Å². The first-order chi connectivity index (χ1) is 11.9. The Balaban J connectivity index is 2.44. The van der Waals surface area contributed by atoms with Crippen LogP contribution in [0.3, 0.4) is 0 Å². The van der Waals surface area contributed by atoms with Crippen LogP contribution in [0, 0.1) is 11.8 Å². The van der Waals surface area contributed by atoms with Crippen molar-refractivity contribution in [2.75, 3.05) is 26.4 Å². The monoisotopic (exact) mass is 395 g/mol. The van der Waals surface area contributed by atoms with Gasteiger partial charge in [-0.25, -0.2) is 0 Å². The van der Waals surface area contributed by atoms with Crippen molar-refractivity contribution in [1.29, 1.82) is 0 Å². The van der Waals surface area contributed by atoms with Gasteiger partial charge in [0.1, 0.15) is 0 Å². The van der Waals surface area contributed by atoms with Gasteiger partial charge in [0.15, 0.2) is 0 Å². The van der Waals surface area contributed by atoms with Crippen LogP contribution in [-0.4, -0.2) is 37.7 Å². The van der Waals surface area contributed by atoms with E-state index in [2.05, 4.69) is 4.99 Å². The zero-order valence-electron chi connectivity index (χ0n) is 15.7. The Morgan fingerprint density at radius 1 is 0.920 bits per heavy atom. The van der Waals surface area contributed by atoms with Crippen molar-refractivity contribution < 1.29 is 27.2 Å². The Bertz CT molecular complexity index is 517. The van der Waals surface area contributed by atoms with E-state index in [-0.39, 0.29) is 26.4 Å². The Morgan fingerprint density at radius 2 is 1.40 bits per heavy atom. The van der Waals surface area contributed by atoms with E-state index in [1.165, 1.54) is 6.42 Å². The van der Waals surface area contributed by atoms with Crippen molar-refractivity contribution in [3.63, 3.8) is 0 Å².